The van der Waals surface area contributed by atoms with E-state index in [1.807, 2.05) is 0 Å². The van der Waals surface area contributed by atoms with E-state index in [9.17, 15) is 18.0 Å². The Hall–Kier alpha value is -0.820. The van der Waals surface area contributed by atoms with Gasteiger partial charge in [0.15, 0.2) is 0 Å². The van der Waals surface area contributed by atoms with Crippen LogP contribution in [0.15, 0.2) is 0 Å². The van der Waals surface area contributed by atoms with Crippen LogP contribution >= 0.6 is 0 Å². The average molecular weight is 226 g/mol. The van der Waals surface area contributed by atoms with E-state index in [0.29, 0.717) is 13.2 Å². The second-order valence-electron chi connectivity index (χ2n) is 3.26. The highest BCUT2D eigenvalue weighted by atomic mass is 19.4. The zero-order chi connectivity index (χ0) is 11.3. The first-order valence-corrected chi connectivity index (χ1v) is 4.67. The highest BCUT2D eigenvalue weighted by molar-refractivity contribution is 5.81. The van der Waals surface area contributed by atoms with Crippen LogP contribution in [0.4, 0.5) is 13.2 Å². The molecule has 0 aromatic carbocycles. The summed E-state index contributed by atoms with van der Waals surface area (Å²) in [7, 11) is 0. The third-order valence-corrected chi connectivity index (χ3v) is 1.97. The fourth-order valence-electron chi connectivity index (χ4n) is 1.21. The Labute approximate surface area is 85.2 Å². The molecule has 1 amide bonds. The first-order valence-electron chi connectivity index (χ1n) is 4.67. The molecule has 88 valence electrons. The molecule has 1 fully saturated rings. The number of ether oxygens (including phenoxy) is 1. The van der Waals surface area contributed by atoms with E-state index in [1.54, 1.807) is 5.32 Å². The van der Waals surface area contributed by atoms with Crippen LogP contribution in [-0.4, -0.2) is 44.4 Å². The molecule has 2 N–H and O–H groups in total. The van der Waals surface area contributed by atoms with Crippen molar-refractivity contribution in [3.05, 3.63) is 0 Å². The van der Waals surface area contributed by atoms with Crippen LogP contribution in [0.2, 0.25) is 0 Å². The van der Waals surface area contributed by atoms with E-state index in [2.05, 4.69) is 5.32 Å². The SMILES string of the molecule is O=C(NCC1CNCCCO1)C(F)(F)F. The lowest BCUT2D eigenvalue weighted by Crippen LogP contribution is -2.43. The standard InChI is InChI=1S/C8H13F3N2O2/c9-8(10,11)7(14)13-5-6-4-12-2-1-3-15-6/h6,12H,1-5H2,(H,13,14). The van der Waals surface area contributed by atoms with Crippen LogP contribution in [0.5, 0.6) is 0 Å². The largest absolute Gasteiger partial charge is 0.471 e. The maximum absolute atomic E-state index is 11.8. The van der Waals surface area contributed by atoms with Crippen molar-refractivity contribution in [3.63, 3.8) is 0 Å². The minimum absolute atomic E-state index is 0.120. The molecule has 0 saturated carbocycles. The second kappa shape index (κ2) is 5.32. The summed E-state index contributed by atoms with van der Waals surface area (Å²) in [5.41, 5.74) is 0. The predicted molar refractivity (Wildman–Crippen MR) is 46.3 cm³/mol. The van der Waals surface area contributed by atoms with Crippen molar-refractivity contribution in [1.29, 1.82) is 0 Å². The molecule has 0 aliphatic carbocycles. The van der Waals surface area contributed by atoms with Crippen molar-refractivity contribution in [2.24, 2.45) is 0 Å². The van der Waals surface area contributed by atoms with E-state index < -0.39 is 12.1 Å². The smallest absolute Gasteiger partial charge is 0.375 e. The Bertz CT molecular complexity index is 212. The van der Waals surface area contributed by atoms with Crippen LogP contribution in [-0.2, 0) is 9.53 Å². The van der Waals surface area contributed by atoms with Gasteiger partial charge in [0.25, 0.3) is 0 Å². The van der Waals surface area contributed by atoms with Gasteiger partial charge >= 0.3 is 12.1 Å². The summed E-state index contributed by atoms with van der Waals surface area (Å²) in [6.07, 6.45) is -4.39. The van der Waals surface area contributed by atoms with E-state index in [1.165, 1.54) is 0 Å². The highest BCUT2D eigenvalue weighted by Gasteiger charge is 2.38. The normalized spacial score (nSPS) is 23.3. The number of rotatable bonds is 2. The Morgan fingerprint density at radius 1 is 1.53 bits per heavy atom. The quantitative estimate of drug-likeness (QED) is 0.699. The zero-order valence-corrected chi connectivity index (χ0v) is 8.06. The lowest BCUT2D eigenvalue weighted by atomic mass is 10.3. The van der Waals surface area contributed by atoms with Crippen LogP contribution in [0.25, 0.3) is 0 Å². The monoisotopic (exact) mass is 226 g/mol. The number of halogens is 3. The molecule has 4 nitrogen and oxygen atoms in total. The summed E-state index contributed by atoms with van der Waals surface area (Å²) in [4.78, 5) is 10.5. The topological polar surface area (TPSA) is 50.4 Å². The number of amides is 1. The molecule has 1 heterocycles. The van der Waals surface area contributed by atoms with Gasteiger partial charge in [-0.1, -0.05) is 0 Å². The van der Waals surface area contributed by atoms with Gasteiger partial charge in [0, 0.05) is 19.7 Å². The molecule has 15 heavy (non-hydrogen) atoms. The zero-order valence-electron chi connectivity index (χ0n) is 8.06. The van der Waals surface area contributed by atoms with Gasteiger partial charge in [-0.25, -0.2) is 0 Å². The van der Waals surface area contributed by atoms with Gasteiger partial charge in [0.1, 0.15) is 0 Å². The number of hydrogen-bond acceptors (Lipinski definition) is 3. The summed E-state index contributed by atoms with van der Waals surface area (Å²) in [5.74, 6) is -1.92. The van der Waals surface area contributed by atoms with Crippen molar-refractivity contribution >= 4 is 5.91 Å². The summed E-state index contributed by atoms with van der Waals surface area (Å²) in [5, 5.41) is 4.79. The summed E-state index contributed by atoms with van der Waals surface area (Å²) in [6, 6.07) is 0. The molecule has 1 aliphatic heterocycles. The number of nitrogens with one attached hydrogen (secondary N) is 2. The molecule has 1 aliphatic rings. The average Bonchev–Trinajstić information content (AvgIpc) is 2.40. The third-order valence-electron chi connectivity index (χ3n) is 1.97. The molecule has 1 atom stereocenters. The summed E-state index contributed by atoms with van der Waals surface area (Å²) in [6.45, 7) is 1.62. The van der Waals surface area contributed by atoms with Gasteiger partial charge < -0.3 is 15.4 Å². The van der Waals surface area contributed by atoms with Gasteiger partial charge in [-0.3, -0.25) is 4.79 Å². The molecule has 0 radical (unpaired) electrons. The minimum atomic E-state index is -4.82. The summed E-state index contributed by atoms with van der Waals surface area (Å²) >= 11 is 0. The molecule has 7 heteroatoms. The van der Waals surface area contributed by atoms with E-state index in [-0.39, 0.29) is 12.6 Å². The highest BCUT2D eigenvalue weighted by Crippen LogP contribution is 2.14. The molecule has 0 aromatic rings. The predicted octanol–water partition coefficient (Wildman–Crippen LogP) is 0.0434. The molecule has 1 rings (SSSR count). The lowest BCUT2D eigenvalue weighted by molar-refractivity contribution is -0.174. The van der Waals surface area contributed by atoms with Crippen molar-refractivity contribution < 1.29 is 22.7 Å². The number of alkyl halides is 3. The fourth-order valence-corrected chi connectivity index (χ4v) is 1.21. The van der Waals surface area contributed by atoms with Crippen molar-refractivity contribution in [2.45, 2.75) is 18.7 Å². The molecule has 1 unspecified atom stereocenters. The molecule has 0 spiro atoms. The molecular weight excluding hydrogens is 213 g/mol. The Morgan fingerprint density at radius 2 is 2.27 bits per heavy atom. The Kier molecular flexibility index (Phi) is 4.34. The molecular formula is C8H13F3N2O2. The van der Waals surface area contributed by atoms with Crippen molar-refractivity contribution in [2.75, 3.05) is 26.2 Å². The summed E-state index contributed by atoms with van der Waals surface area (Å²) < 4.78 is 40.7. The van der Waals surface area contributed by atoms with Gasteiger partial charge in [-0.15, -0.1) is 0 Å². The van der Waals surface area contributed by atoms with E-state index in [0.717, 1.165) is 13.0 Å². The number of hydrogen-bond donors (Lipinski definition) is 2. The van der Waals surface area contributed by atoms with Crippen LogP contribution in [0, 0.1) is 0 Å². The van der Waals surface area contributed by atoms with Gasteiger partial charge in [0.05, 0.1) is 6.10 Å². The van der Waals surface area contributed by atoms with Crippen molar-refractivity contribution in [3.8, 4) is 0 Å². The minimum Gasteiger partial charge on any atom is -0.375 e. The van der Waals surface area contributed by atoms with E-state index >= 15 is 0 Å². The first kappa shape index (κ1) is 12.3. The Balaban J connectivity index is 2.26. The van der Waals surface area contributed by atoms with Gasteiger partial charge in [-0.05, 0) is 13.0 Å². The van der Waals surface area contributed by atoms with Crippen LogP contribution in [0.1, 0.15) is 6.42 Å². The van der Waals surface area contributed by atoms with Gasteiger partial charge in [0.2, 0.25) is 0 Å². The maximum atomic E-state index is 11.8. The molecule has 0 aromatic heterocycles. The van der Waals surface area contributed by atoms with E-state index in [4.69, 9.17) is 4.74 Å². The molecule has 1 saturated heterocycles. The Morgan fingerprint density at radius 3 is 2.93 bits per heavy atom. The van der Waals surface area contributed by atoms with Gasteiger partial charge in [-0.2, -0.15) is 13.2 Å². The number of carbonyl (C=O) groups is 1. The van der Waals surface area contributed by atoms with Crippen LogP contribution < -0.4 is 10.6 Å². The lowest BCUT2D eigenvalue weighted by Gasteiger charge is -2.16. The maximum Gasteiger partial charge on any atom is 0.471 e. The fraction of sp³-hybridized carbons (Fsp3) is 0.875. The first-order chi connectivity index (χ1) is 7.00. The third kappa shape index (κ3) is 4.48. The second-order valence-corrected chi connectivity index (χ2v) is 3.26. The van der Waals surface area contributed by atoms with Crippen molar-refractivity contribution in [1.82, 2.24) is 10.6 Å². The molecule has 0 bridgehead atoms. The van der Waals surface area contributed by atoms with Crippen LogP contribution in [0.3, 0.4) is 0 Å². The number of carbonyl (C=O) groups excluding carboxylic acids is 1.